The Kier molecular flexibility index (Phi) is 2.92. The highest BCUT2D eigenvalue weighted by Gasteiger charge is 2.14. The summed E-state index contributed by atoms with van der Waals surface area (Å²) in [5.41, 5.74) is 8.17. The van der Waals surface area contributed by atoms with E-state index < -0.39 is 0 Å². The lowest BCUT2D eigenvalue weighted by Gasteiger charge is -2.12. The smallest absolute Gasteiger partial charge is 0.161 e. The number of hydrogen-bond acceptors (Lipinski definition) is 3. The van der Waals surface area contributed by atoms with Crippen LogP contribution >= 0.6 is 0 Å². The standard InChI is InChI=1S/C12H18N4/c1-8(2)6-10(13)12-15-14-11-7-9(3)4-5-16(11)12/h4-5,7-8,10H,6,13H2,1-3H3. The fourth-order valence-electron chi connectivity index (χ4n) is 1.88. The number of aryl methyl sites for hydroxylation is 1. The van der Waals surface area contributed by atoms with Gasteiger partial charge in [-0.3, -0.25) is 4.40 Å². The lowest BCUT2D eigenvalue weighted by molar-refractivity contribution is 0.490. The molecular weight excluding hydrogens is 200 g/mol. The number of fused-ring (bicyclic) bond motifs is 1. The van der Waals surface area contributed by atoms with Gasteiger partial charge in [0.05, 0.1) is 6.04 Å². The molecule has 86 valence electrons. The second-order valence-corrected chi connectivity index (χ2v) is 4.73. The zero-order valence-electron chi connectivity index (χ0n) is 10.0. The monoisotopic (exact) mass is 218 g/mol. The van der Waals surface area contributed by atoms with Gasteiger partial charge in [0.15, 0.2) is 11.5 Å². The van der Waals surface area contributed by atoms with Gasteiger partial charge in [0, 0.05) is 6.20 Å². The first-order valence-electron chi connectivity index (χ1n) is 5.65. The van der Waals surface area contributed by atoms with E-state index in [0.717, 1.165) is 17.9 Å². The number of pyridine rings is 1. The van der Waals surface area contributed by atoms with Crippen LogP contribution in [0.15, 0.2) is 18.3 Å². The highest BCUT2D eigenvalue weighted by molar-refractivity contribution is 5.41. The molecule has 2 N–H and O–H groups in total. The average Bonchev–Trinajstić information content (AvgIpc) is 2.59. The molecule has 2 heterocycles. The minimum absolute atomic E-state index is 0.0438. The van der Waals surface area contributed by atoms with Gasteiger partial charge in [-0.05, 0) is 37.0 Å². The molecule has 2 aromatic heterocycles. The fourth-order valence-corrected chi connectivity index (χ4v) is 1.88. The lowest BCUT2D eigenvalue weighted by atomic mass is 10.0. The van der Waals surface area contributed by atoms with Gasteiger partial charge in [0.25, 0.3) is 0 Å². The topological polar surface area (TPSA) is 56.2 Å². The van der Waals surface area contributed by atoms with Gasteiger partial charge in [-0.15, -0.1) is 10.2 Å². The third-order valence-corrected chi connectivity index (χ3v) is 2.65. The molecular formula is C12H18N4. The highest BCUT2D eigenvalue weighted by atomic mass is 15.3. The van der Waals surface area contributed by atoms with Crippen LogP contribution in [-0.2, 0) is 0 Å². The van der Waals surface area contributed by atoms with Crippen LogP contribution in [0.5, 0.6) is 0 Å². The highest BCUT2D eigenvalue weighted by Crippen LogP contribution is 2.18. The number of hydrogen-bond donors (Lipinski definition) is 1. The summed E-state index contributed by atoms with van der Waals surface area (Å²) in [6.07, 6.45) is 2.91. The molecule has 0 aromatic carbocycles. The summed E-state index contributed by atoms with van der Waals surface area (Å²) in [6.45, 7) is 6.36. The average molecular weight is 218 g/mol. The molecule has 0 aliphatic rings. The van der Waals surface area contributed by atoms with E-state index in [1.54, 1.807) is 0 Å². The minimum Gasteiger partial charge on any atom is -0.321 e. The van der Waals surface area contributed by atoms with Crippen LogP contribution in [0, 0.1) is 12.8 Å². The molecule has 0 saturated heterocycles. The zero-order valence-corrected chi connectivity index (χ0v) is 10.0. The van der Waals surface area contributed by atoms with E-state index in [1.807, 2.05) is 29.7 Å². The molecule has 0 amide bonds. The van der Waals surface area contributed by atoms with Crippen molar-refractivity contribution >= 4 is 5.65 Å². The Bertz CT molecular complexity index is 487. The maximum Gasteiger partial charge on any atom is 0.161 e. The molecule has 0 aliphatic heterocycles. The van der Waals surface area contributed by atoms with Crippen molar-refractivity contribution in [3.8, 4) is 0 Å². The molecule has 0 bridgehead atoms. The summed E-state index contributed by atoms with van der Waals surface area (Å²) in [5, 5.41) is 8.32. The zero-order chi connectivity index (χ0) is 11.7. The molecule has 0 spiro atoms. The second-order valence-electron chi connectivity index (χ2n) is 4.73. The normalized spacial score (nSPS) is 13.6. The Morgan fingerprint density at radius 1 is 1.38 bits per heavy atom. The van der Waals surface area contributed by atoms with E-state index >= 15 is 0 Å². The lowest BCUT2D eigenvalue weighted by Crippen LogP contribution is -2.16. The second kappa shape index (κ2) is 4.22. The van der Waals surface area contributed by atoms with E-state index in [1.165, 1.54) is 5.56 Å². The number of nitrogens with two attached hydrogens (primary N) is 1. The van der Waals surface area contributed by atoms with E-state index in [9.17, 15) is 0 Å². The van der Waals surface area contributed by atoms with Crippen LogP contribution in [-0.4, -0.2) is 14.6 Å². The Balaban J connectivity index is 2.38. The molecule has 1 unspecified atom stereocenters. The van der Waals surface area contributed by atoms with Crippen LogP contribution < -0.4 is 5.73 Å². The van der Waals surface area contributed by atoms with Crippen LogP contribution in [0.1, 0.15) is 37.7 Å². The fraction of sp³-hybridized carbons (Fsp3) is 0.500. The molecule has 0 aliphatic carbocycles. The van der Waals surface area contributed by atoms with Crippen molar-refractivity contribution in [2.75, 3.05) is 0 Å². The molecule has 0 fully saturated rings. The van der Waals surface area contributed by atoms with Gasteiger partial charge in [0.1, 0.15) is 0 Å². The van der Waals surface area contributed by atoms with Gasteiger partial charge >= 0.3 is 0 Å². The Labute approximate surface area is 95.5 Å². The summed E-state index contributed by atoms with van der Waals surface area (Å²) in [7, 11) is 0. The minimum atomic E-state index is -0.0438. The van der Waals surface area contributed by atoms with Crippen molar-refractivity contribution in [1.82, 2.24) is 14.6 Å². The third-order valence-electron chi connectivity index (χ3n) is 2.65. The molecule has 1 atom stereocenters. The predicted octanol–water partition coefficient (Wildman–Crippen LogP) is 2.08. The Morgan fingerprint density at radius 3 is 2.81 bits per heavy atom. The van der Waals surface area contributed by atoms with E-state index in [4.69, 9.17) is 5.73 Å². The summed E-state index contributed by atoms with van der Waals surface area (Å²) >= 11 is 0. The molecule has 4 nitrogen and oxygen atoms in total. The number of aromatic nitrogens is 3. The van der Waals surface area contributed by atoms with Crippen LogP contribution in [0.25, 0.3) is 5.65 Å². The van der Waals surface area contributed by atoms with Crippen LogP contribution in [0.4, 0.5) is 0 Å². The van der Waals surface area contributed by atoms with Crippen molar-refractivity contribution < 1.29 is 0 Å². The van der Waals surface area contributed by atoms with Gasteiger partial charge in [-0.1, -0.05) is 13.8 Å². The first kappa shape index (κ1) is 11.1. The van der Waals surface area contributed by atoms with E-state index in [-0.39, 0.29) is 6.04 Å². The largest absolute Gasteiger partial charge is 0.321 e. The molecule has 0 saturated carbocycles. The van der Waals surface area contributed by atoms with Crippen LogP contribution in [0.2, 0.25) is 0 Å². The van der Waals surface area contributed by atoms with Crippen molar-refractivity contribution in [2.45, 2.75) is 33.2 Å². The SMILES string of the molecule is Cc1ccn2c(C(N)CC(C)C)nnc2c1. The molecule has 2 rings (SSSR count). The van der Waals surface area contributed by atoms with Gasteiger partial charge in [0.2, 0.25) is 0 Å². The van der Waals surface area contributed by atoms with Crippen LogP contribution in [0.3, 0.4) is 0 Å². The Hall–Kier alpha value is -1.42. The third kappa shape index (κ3) is 2.07. The number of rotatable bonds is 3. The molecule has 2 aromatic rings. The molecule has 4 heteroatoms. The quantitative estimate of drug-likeness (QED) is 0.858. The first-order valence-corrected chi connectivity index (χ1v) is 5.65. The van der Waals surface area contributed by atoms with Gasteiger partial charge in [-0.25, -0.2) is 0 Å². The summed E-state index contributed by atoms with van der Waals surface area (Å²) in [4.78, 5) is 0. The van der Waals surface area contributed by atoms with Gasteiger partial charge < -0.3 is 5.73 Å². The van der Waals surface area contributed by atoms with E-state index in [0.29, 0.717) is 5.92 Å². The van der Waals surface area contributed by atoms with E-state index in [2.05, 4.69) is 24.0 Å². The van der Waals surface area contributed by atoms with Crippen molar-refractivity contribution in [3.05, 3.63) is 29.7 Å². The summed E-state index contributed by atoms with van der Waals surface area (Å²) in [5.74, 6) is 1.41. The number of nitrogens with zero attached hydrogens (tertiary/aromatic N) is 3. The molecule has 16 heavy (non-hydrogen) atoms. The Morgan fingerprint density at radius 2 is 2.12 bits per heavy atom. The van der Waals surface area contributed by atoms with Crippen molar-refractivity contribution in [2.24, 2.45) is 11.7 Å². The summed E-state index contributed by atoms with van der Waals surface area (Å²) < 4.78 is 1.97. The summed E-state index contributed by atoms with van der Waals surface area (Å²) in [6, 6.07) is 4.01. The van der Waals surface area contributed by atoms with Gasteiger partial charge in [-0.2, -0.15) is 0 Å². The maximum atomic E-state index is 6.12. The molecule has 0 radical (unpaired) electrons. The first-order chi connectivity index (χ1) is 7.58. The maximum absolute atomic E-state index is 6.12. The van der Waals surface area contributed by atoms with Crippen molar-refractivity contribution in [3.63, 3.8) is 0 Å². The predicted molar refractivity (Wildman–Crippen MR) is 64.1 cm³/mol. The van der Waals surface area contributed by atoms with Crippen molar-refractivity contribution in [1.29, 1.82) is 0 Å².